The van der Waals surface area contributed by atoms with Gasteiger partial charge in [-0.05, 0) is 32.8 Å². The molecule has 2 rings (SSSR count). The standard InChI is InChI=1S/C17H20O6/c1-5-8(2)6-10(16(19)20)12-14(18)13-11(7-23-17(13)21)9(3)15(12)22-4/h5,10,18H,6-7H2,1-4H3,(H,19,20). The van der Waals surface area contributed by atoms with Crippen molar-refractivity contribution in [3.05, 3.63) is 33.9 Å². The Morgan fingerprint density at radius 2 is 2.13 bits per heavy atom. The summed E-state index contributed by atoms with van der Waals surface area (Å²) >= 11 is 0. The van der Waals surface area contributed by atoms with E-state index in [1.807, 2.05) is 19.9 Å². The molecule has 124 valence electrons. The van der Waals surface area contributed by atoms with Crippen LogP contribution < -0.4 is 4.74 Å². The third kappa shape index (κ3) is 2.76. The van der Waals surface area contributed by atoms with Gasteiger partial charge in [0.15, 0.2) is 0 Å². The summed E-state index contributed by atoms with van der Waals surface area (Å²) in [6.45, 7) is 5.41. The molecule has 1 unspecified atom stereocenters. The molecule has 0 spiro atoms. The number of carbonyl (C=O) groups excluding carboxylic acids is 1. The number of allylic oxidation sites excluding steroid dienone is 2. The zero-order chi connectivity index (χ0) is 17.3. The van der Waals surface area contributed by atoms with Gasteiger partial charge in [0.05, 0.1) is 18.6 Å². The van der Waals surface area contributed by atoms with Gasteiger partial charge in [0, 0.05) is 5.56 Å². The predicted molar refractivity (Wildman–Crippen MR) is 82.9 cm³/mol. The maximum absolute atomic E-state index is 11.9. The summed E-state index contributed by atoms with van der Waals surface area (Å²) in [4.78, 5) is 23.6. The van der Waals surface area contributed by atoms with Gasteiger partial charge in [0.2, 0.25) is 0 Å². The molecule has 1 aromatic rings. The molecule has 2 N–H and O–H groups in total. The van der Waals surface area contributed by atoms with Crippen molar-refractivity contribution >= 4 is 11.9 Å². The molecule has 6 heteroatoms. The minimum absolute atomic E-state index is 0.0441. The van der Waals surface area contributed by atoms with Crippen LogP contribution in [-0.2, 0) is 16.1 Å². The number of carboxylic acids is 1. The smallest absolute Gasteiger partial charge is 0.342 e. The summed E-state index contributed by atoms with van der Waals surface area (Å²) in [7, 11) is 1.41. The molecule has 6 nitrogen and oxygen atoms in total. The molecule has 1 atom stereocenters. The highest BCUT2D eigenvalue weighted by molar-refractivity contribution is 5.99. The van der Waals surface area contributed by atoms with Gasteiger partial charge in [-0.2, -0.15) is 0 Å². The molecule has 1 aliphatic heterocycles. The molecule has 0 saturated carbocycles. The van der Waals surface area contributed by atoms with E-state index in [4.69, 9.17) is 9.47 Å². The third-order valence-electron chi connectivity index (χ3n) is 4.25. The number of phenols is 1. The van der Waals surface area contributed by atoms with Crippen molar-refractivity contribution in [1.82, 2.24) is 0 Å². The average molecular weight is 320 g/mol. The number of fused-ring (bicyclic) bond motifs is 1. The molecule has 0 bridgehead atoms. The van der Waals surface area contributed by atoms with E-state index in [2.05, 4.69) is 0 Å². The van der Waals surface area contributed by atoms with Crippen LogP contribution >= 0.6 is 0 Å². The van der Waals surface area contributed by atoms with E-state index < -0.39 is 17.9 Å². The lowest BCUT2D eigenvalue weighted by Gasteiger charge is -2.21. The molecular weight excluding hydrogens is 300 g/mol. The number of methoxy groups -OCH3 is 1. The molecule has 1 heterocycles. The van der Waals surface area contributed by atoms with Gasteiger partial charge in [-0.1, -0.05) is 11.6 Å². The Labute approximate surface area is 134 Å². The van der Waals surface area contributed by atoms with Crippen LogP contribution in [0.1, 0.15) is 53.2 Å². The molecule has 23 heavy (non-hydrogen) atoms. The Kier molecular flexibility index (Phi) is 4.63. The fourth-order valence-corrected chi connectivity index (χ4v) is 2.86. The van der Waals surface area contributed by atoms with Crippen molar-refractivity contribution in [3.63, 3.8) is 0 Å². The molecule has 0 saturated heterocycles. The van der Waals surface area contributed by atoms with Crippen molar-refractivity contribution in [2.24, 2.45) is 0 Å². The van der Waals surface area contributed by atoms with E-state index in [0.29, 0.717) is 11.1 Å². The number of benzene rings is 1. The Hall–Kier alpha value is -2.50. The maximum Gasteiger partial charge on any atom is 0.342 e. The number of cyclic esters (lactones) is 1. The molecular formula is C17H20O6. The zero-order valence-corrected chi connectivity index (χ0v) is 13.6. The second kappa shape index (κ2) is 6.32. The van der Waals surface area contributed by atoms with E-state index in [0.717, 1.165) is 5.57 Å². The highest BCUT2D eigenvalue weighted by Gasteiger charge is 2.36. The molecule has 0 radical (unpaired) electrons. The summed E-state index contributed by atoms with van der Waals surface area (Å²) in [5, 5.41) is 20.2. The predicted octanol–water partition coefficient (Wildman–Crippen LogP) is 2.90. The van der Waals surface area contributed by atoms with Crippen molar-refractivity contribution < 1.29 is 29.3 Å². The molecule has 0 aromatic heterocycles. The lowest BCUT2D eigenvalue weighted by Crippen LogP contribution is -2.15. The van der Waals surface area contributed by atoms with E-state index in [-0.39, 0.29) is 35.7 Å². The first-order chi connectivity index (χ1) is 10.8. The number of aliphatic carboxylic acids is 1. The molecule has 1 aromatic carbocycles. The number of carbonyl (C=O) groups is 2. The summed E-state index contributed by atoms with van der Waals surface area (Å²) in [5.41, 5.74) is 2.18. The topological polar surface area (TPSA) is 93.1 Å². The van der Waals surface area contributed by atoms with Gasteiger partial charge >= 0.3 is 11.9 Å². The van der Waals surface area contributed by atoms with Crippen molar-refractivity contribution in [2.75, 3.05) is 7.11 Å². The summed E-state index contributed by atoms with van der Waals surface area (Å²) in [6, 6.07) is 0. The van der Waals surface area contributed by atoms with Crippen molar-refractivity contribution in [1.29, 1.82) is 0 Å². The Morgan fingerprint density at radius 1 is 1.48 bits per heavy atom. The number of hydrogen-bond acceptors (Lipinski definition) is 5. The molecule has 0 amide bonds. The number of rotatable bonds is 5. The molecule has 0 aliphatic carbocycles. The average Bonchev–Trinajstić information content (AvgIpc) is 2.90. The van der Waals surface area contributed by atoms with Crippen molar-refractivity contribution in [3.8, 4) is 11.5 Å². The first-order valence-corrected chi connectivity index (χ1v) is 7.27. The SMILES string of the molecule is CC=C(C)CC(C(=O)O)c1c(O)c2c(c(C)c1OC)COC2=O. The quantitative estimate of drug-likeness (QED) is 0.640. The van der Waals surface area contributed by atoms with Gasteiger partial charge in [-0.25, -0.2) is 4.79 Å². The minimum atomic E-state index is -1.09. The number of hydrogen-bond donors (Lipinski definition) is 2. The lowest BCUT2D eigenvalue weighted by atomic mass is 9.86. The highest BCUT2D eigenvalue weighted by atomic mass is 16.5. The normalized spacial score (nSPS) is 15.1. The van der Waals surface area contributed by atoms with E-state index in [1.54, 1.807) is 6.92 Å². The first kappa shape index (κ1) is 16.9. The number of aromatic hydroxyl groups is 1. The van der Waals surface area contributed by atoms with Crippen LogP contribution in [-0.4, -0.2) is 29.3 Å². The van der Waals surface area contributed by atoms with E-state index >= 15 is 0 Å². The van der Waals surface area contributed by atoms with Crippen LogP contribution in [0.15, 0.2) is 11.6 Å². The van der Waals surface area contributed by atoms with Gasteiger partial charge in [0.1, 0.15) is 23.7 Å². The fourth-order valence-electron chi connectivity index (χ4n) is 2.86. The van der Waals surface area contributed by atoms with Crippen molar-refractivity contribution in [2.45, 2.75) is 39.7 Å². The van der Waals surface area contributed by atoms with Crippen LogP contribution in [0.25, 0.3) is 0 Å². The number of esters is 1. The number of carboxylic acid groups (broad SMARTS) is 1. The lowest BCUT2D eigenvalue weighted by molar-refractivity contribution is -0.138. The summed E-state index contributed by atoms with van der Waals surface area (Å²) in [5.74, 6) is -2.82. The second-order valence-electron chi connectivity index (χ2n) is 5.58. The first-order valence-electron chi connectivity index (χ1n) is 7.27. The second-order valence-corrected chi connectivity index (χ2v) is 5.58. The van der Waals surface area contributed by atoms with Gasteiger partial charge in [0.25, 0.3) is 0 Å². The van der Waals surface area contributed by atoms with E-state index in [9.17, 15) is 19.8 Å². The summed E-state index contributed by atoms with van der Waals surface area (Å²) < 4.78 is 10.3. The summed E-state index contributed by atoms with van der Waals surface area (Å²) in [6.07, 6.45) is 2.02. The van der Waals surface area contributed by atoms with Crippen LogP contribution in [0.4, 0.5) is 0 Å². The number of phenolic OH excluding ortho intramolecular Hbond substituents is 1. The number of ether oxygens (including phenoxy) is 2. The molecule has 0 fully saturated rings. The van der Waals surface area contributed by atoms with Gasteiger partial charge in [-0.15, -0.1) is 0 Å². The van der Waals surface area contributed by atoms with Gasteiger partial charge in [-0.3, -0.25) is 4.79 Å². The van der Waals surface area contributed by atoms with Crippen LogP contribution in [0.5, 0.6) is 11.5 Å². The van der Waals surface area contributed by atoms with Gasteiger partial charge < -0.3 is 19.7 Å². The van der Waals surface area contributed by atoms with Crippen LogP contribution in [0.2, 0.25) is 0 Å². The minimum Gasteiger partial charge on any atom is -0.507 e. The Bertz CT molecular complexity index is 702. The Morgan fingerprint density at radius 3 is 2.65 bits per heavy atom. The maximum atomic E-state index is 11.9. The third-order valence-corrected chi connectivity index (χ3v) is 4.25. The monoisotopic (exact) mass is 320 g/mol. The fraction of sp³-hybridized carbons (Fsp3) is 0.412. The highest BCUT2D eigenvalue weighted by Crippen LogP contribution is 2.46. The van der Waals surface area contributed by atoms with Crippen LogP contribution in [0.3, 0.4) is 0 Å². The molecule has 1 aliphatic rings. The Balaban J connectivity index is 2.74. The van der Waals surface area contributed by atoms with Crippen LogP contribution in [0, 0.1) is 6.92 Å². The largest absolute Gasteiger partial charge is 0.507 e. The zero-order valence-electron chi connectivity index (χ0n) is 13.6. The van der Waals surface area contributed by atoms with E-state index in [1.165, 1.54) is 7.11 Å².